The summed E-state index contributed by atoms with van der Waals surface area (Å²) in [5, 5.41) is 15.8. The lowest BCUT2D eigenvalue weighted by atomic mass is 10.0. The topological polar surface area (TPSA) is 140 Å². The summed E-state index contributed by atoms with van der Waals surface area (Å²) < 4.78 is 14.8. The summed E-state index contributed by atoms with van der Waals surface area (Å²) in [4.78, 5) is 15.2. The fourth-order valence-corrected chi connectivity index (χ4v) is 3.85. The second kappa shape index (κ2) is 10.0. The van der Waals surface area contributed by atoms with Gasteiger partial charge < -0.3 is 16.0 Å². The number of nitrogens with zero attached hydrogens (tertiary/aromatic N) is 6. The third-order valence-corrected chi connectivity index (χ3v) is 5.68. The molecule has 0 amide bonds. The third kappa shape index (κ3) is 4.68. The molecule has 0 saturated carbocycles. The van der Waals surface area contributed by atoms with E-state index < -0.39 is 5.82 Å². The van der Waals surface area contributed by atoms with Gasteiger partial charge in [0.2, 0.25) is 0 Å². The molecule has 4 rings (SSSR count). The van der Waals surface area contributed by atoms with Crippen molar-refractivity contribution >= 4 is 17.3 Å². The zero-order chi connectivity index (χ0) is 24.1. The fourth-order valence-electron chi connectivity index (χ4n) is 3.85. The van der Waals surface area contributed by atoms with Crippen molar-refractivity contribution in [3.05, 3.63) is 70.9 Å². The van der Waals surface area contributed by atoms with Gasteiger partial charge in [-0.1, -0.05) is 18.2 Å². The van der Waals surface area contributed by atoms with E-state index in [4.69, 9.17) is 11.3 Å². The molecule has 0 bridgehead atoms. The Balaban J connectivity index is 1.60. The van der Waals surface area contributed by atoms with Crippen LogP contribution in [-0.4, -0.2) is 28.0 Å². The second-order valence-corrected chi connectivity index (χ2v) is 7.89. The Bertz CT molecular complexity index is 1290. The van der Waals surface area contributed by atoms with Crippen LogP contribution in [0.2, 0.25) is 0 Å². The number of benzene rings is 1. The van der Waals surface area contributed by atoms with Crippen LogP contribution >= 0.6 is 0 Å². The molecule has 34 heavy (non-hydrogen) atoms. The predicted molar refractivity (Wildman–Crippen MR) is 127 cm³/mol. The first-order valence-electron chi connectivity index (χ1n) is 10.9. The van der Waals surface area contributed by atoms with Crippen molar-refractivity contribution in [1.29, 1.82) is 10.8 Å². The summed E-state index contributed by atoms with van der Waals surface area (Å²) in [6.07, 6.45) is 3.73. The van der Waals surface area contributed by atoms with Gasteiger partial charge in [0.15, 0.2) is 17.5 Å². The Morgan fingerprint density at radius 2 is 2.00 bits per heavy atom. The van der Waals surface area contributed by atoms with E-state index in [-0.39, 0.29) is 23.0 Å². The van der Waals surface area contributed by atoms with E-state index in [1.165, 1.54) is 6.20 Å². The first-order chi connectivity index (χ1) is 16.5. The molecule has 2 aromatic heterocycles. The lowest BCUT2D eigenvalue weighted by molar-refractivity contribution is 0.614. The number of halogens is 1. The Labute approximate surface area is 196 Å². The predicted octanol–water partition coefficient (Wildman–Crippen LogP) is 4.16. The summed E-state index contributed by atoms with van der Waals surface area (Å²) >= 11 is 0. The van der Waals surface area contributed by atoms with Crippen molar-refractivity contribution in [1.82, 2.24) is 20.3 Å². The van der Waals surface area contributed by atoms with Crippen LogP contribution in [0.5, 0.6) is 0 Å². The van der Waals surface area contributed by atoms with Crippen LogP contribution < -0.4 is 16.0 Å². The maximum atomic E-state index is 14.8. The lowest BCUT2D eigenvalue weighted by Crippen LogP contribution is -2.19. The number of hydrogen-bond donors (Lipinski definition) is 3. The van der Waals surface area contributed by atoms with Crippen LogP contribution in [0, 0.1) is 29.6 Å². The number of nitrogen functional groups attached to an aromatic ring is 1. The highest BCUT2D eigenvalue weighted by Crippen LogP contribution is 2.28. The molecule has 0 radical (unpaired) electrons. The summed E-state index contributed by atoms with van der Waals surface area (Å²) in [6, 6.07) is 13.0. The Kier molecular flexibility index (Phi) is 6.73. The van der Waals surface area contributed by atoms with Gasteiger partial charge in [-0.05, 0) is 43.5 Å². The zero-order valence-corrected chi connectivity index (χ0v) is 18.7. The summed E-state index contributed by atoms with van der Waals surface area (Å²) in [7, 11) is 0. The molecule has 4 N–H and O–H groups in total. The second-order valence-electron chi connectivity index (χ2n) is 7.89. The third-order valence-electron chi connectivity index (χ3n) is 5.68. The van der Waals surface area contributed by atoms with Crippen molar-refractivity contribution < 1.29 is 4.39 Å². The fraction of sp³-hybridized carbons (Fsp3) is 0.250. The van der Waals surface area contributed by atoms with Gasteiger partial charge in [0.1, 0.15) is 17.2 Å². The first kappa shape index (κ1) is 22.8. The van der Waals surface area contributed by atoms with E-state index in [0.29, 0.717) is 23.2 Å². The molecule has 172 valence electrons. The van der Waals surface area contributed by atoms with Crippen molar-refractivity contribution in [2.75, 3.05) is 23.7 Å². The number of rotatable bonds is 7. The Morgan fingerprint density at radius 1 is 1.24 bits per heavy atom. The van der Waals surface area contributed by atoms with Gasteiger partial charge in [-0.2, -0.15) is 10.4 Å². The summed E-state index contributed by atoms with van der Waals surface area (Å²) in [5.41, 5.74) is 15.6. The number of anilines is 2. The number of nitriles is 1. The molecule has 1 saturated heterocycles. The maximum Gasteiger partial charge on any atom is 0.193 e. The van der Waals surface area contributed by atoms with Crippen LogP contribution in [0.4, 0.5) is 16.0 Å². The Morgan fingerprint density at radius 3 is 2.74 bits per heavy atom. The number of nitrogens with one attached hydrogen (secondary N) is 2. The van der Waals surface area contributed by atoms with E-state index >= 15 is 0 Å². The molecule has 3 heterocycles. The van der Waals surface area contributed by atoms with Crippen LogP contribution in [0.3, 0.4) is 0 Å². The summed E-state index contributed by atoms with van der Waals surface area (Å²) in [5.74, 6) is -0.147. The molecule has 10 heteroatoms. The van der Waals surface area contributed by atoms with E-state index in [2.05, 4.69) is 36.4 Å². The minimum Gasteiger partial charge on any atom is -0.383 e. The molecule has 0 atom stereocenters. The smallest absolute Gasteiger partial charge is 0.193 e. The molecule has 1 aliphatic rings. The highest BCUT2D eigenvalue weighted by molar-refractivity contribution is 5.70. The number of pyridine rings is 1. The van der Waals surface area contributed by atoms with Crippen molar-refractivity contribution in [3.63, 3.8) is 0 Å². The molecule has 0 aliphatic carbocycles. The van der Waals surface area contributed by atoms with Crippen LogP contribution in [-0.2, 0) is 6.54 Å². The van der Waals surface area contributed by atoms with Gasteiger partial charge in [-0.15, -0.1) is 0 Å². The molecule has 3 aromatic rings. The van der Waals surface area contributed by atoms with Gasteiger partial charge in [0.25, 0.3) is 0 Å². The van der Waals surface area contributed by atoms with Crippen LogP contribution in [0.1, 0.15) is 35.4 Å². The average molecular weight is 458 g/mol. The first-order valence-corrected chi connectivity index (χ1v) is 10.9. The lowest BCUT2D eigenvalue weighted by Gasteiger charge is -2.16. The van der Waals surface area contributed by atoms with Crippen molar-refractivity contribution in [2.45, 2.75) is 26.3 Å². The quantitative estimate of drug-likeness (QED) is 0.453. The normalized spacial score (nSPS) is 13.6. The SMILES string of the molecule is Cc1c(C#N)cccc1-c1nc(N)c(F)c(/C(=C/NCc2cccc(N3CCCC3)n2)N=N)n1. The largest absolute Gasteiger partial charge is 0.383 e. The molecular weight excluding hydrogens is 433 g/mol. The van der Waals surface area contributed by atoms with Gasteiger partial charge in [0.05, 0.1) is 23.9 Å². The van der Waals surface area contributed by atoms with Gasteiger partial charge >= 0.3 is 0 Å². The number of aromatic nitrogens is 3. The van der Waals surface area contributed by atoms with E-state index in [0.717, 1.165) is 37.4 Å². The molecule has 9 nitrogen and oxygen atoms in total. The molecule has 0 spiro atoms. The minimum atomic E-state index is -0.865. The van der Waals surface area contributed by atoms with Gasteiger partial charge in [-0.25, -0.2) is 24.9 Å². The maximum absolute atomic E-state index is 14.8. The molecular formula is C24H24FN9. The van der Waals surface area contributed by atoms with Gasteiger partial charge in [0, 0.05) is 24.9 Å². The molecule has 1 aromatic carbocycles. The molecule has 1 aliphatic heterocycles. The Hall–Kier alpha value is -4.39. The number of hydrogen-bond acceptors (Lipinski definition) is 9. The highest BCUT2D eigenvalue weighted by Gasteiger charge is 2.19. The molecule has 1 fully saturated rings. The monoisotopic (exact) mass is 457 g/mol. The van der Waals surface area contributed by atoms with Gasteiger partial charge in [-0.3, -0.25) is 0 Å². The molecule has 0 unspecified atom stereocenters. The van der Waals surface area contributed by atoms with Crippen LogP contribution in [0.25, 0.3) is 17.1 Å². The average Bonchev–Trinajstić information content (AvgIpc) is 3.39. The van der Waals surface area contributed by atoms with Crippen molar-refractivity contribution in [3.8, 4) is 17.5 Å². The van der Waals surface area contributed by atoms with E-state index in [1.54, 1.807) is 25.1 Å². The van der Waals surface area contributed by atoms with Crippen LogP contribution in [0.15, 0.2) is 47.7 Å². The van der Waals surface area contributed by atoms with E-state index in [9.17, 15) is 9.65 Å². The zero-order valence-electron chi connectivity index (χ0n) is 18.7. The summed E-state index contributed by atoms with van der Waals surface area (Å²) in [6.45, 7) is 4.12. The van der Waals surface area contributed by atoms with Crippen molar-refractivity contribution in [2.24, 2.45) is 5.11 Å². The minimum absolute atomic E-state index is 0.0439. The highest BCUT2D eigenvalue weighted by atomic mass is 19.1. The van der Waals surface area contributed by atoms with E-state index in [1.807, 2.05) is 18.2 Å². The number of nitrogens with two attached hydrogens (primary N) is 1. The standard InChI is InChI=1S/C24H24FN9/c1-15-16(12-26)6-4-8-18(15)24-31-22(21(25)23(27)32-24)19(33-28)14-29-13-17-7-5-9-20(30-17)34-10-2-3-11-34/h4-9,14,28-29H,2-3,10-11,13H2,1H3,(H2,27,31,32)/b19-14-,33-28?.